The lowest BCUT2D eigenvalue weighted by Gasteiger charge is -2.58. The molecule has 0 saturated heterocycles. The molecule has 4 fully saturated rings. The molecule has 4 aliphatic carbocycles. The van der Waals surface area contributed by atoms with Crippen LogP contribution in [0.3, 0.4) is 0 Å². The maximum Gasteiger partial charge on any atom is 0.335 e. The maximum absolute atomic E-state index is 14.4. The molecule has 15 nitrogen and oxygen atoms in total. The summed E-state index contributed by atoms with van der Waals surface area (Å²) in [5.41, 5.74) is -0.647. The van der Waals surface area contributed by atoms with Crippen LogP contribution < -0.4 is 0 Å². The molecule has 4 saturated carbocycles. The van der Waals surface area contributed by atoms with Crippen LogP contribution in [0.1, 0.15) is 111 Å². The summed E-state index contributed by atoms with van der Waals surface area (Å²) in [4.78, 5) is 76.3. The second-order valence-corrected chi connectivity index (χ2v) is 18.5. The largest absolute Gasteiger partial charge is 0.481 e. The second-order valence-electron chi connectivity index (χ2n) is 18.5. The van der Waals surface area contributed by atoms with Crippen molar-refractivity contribution in [1.82, 2.24) is 0 Å². The van der Waals surface area contributed by atoms with E-state index in [1.807, 2.05) is 6.92 Å². The fourth-order valence-corrected chi connectivity index (χ4v) is 11.7. The molecule has 12 atom stereocenters. The molecule has 0 aliphatic heterocycles. The number of hydrogen-bond donors (Lipinski definition) is 4. The summed E-state index contributed by atoms with van der Waals surface area (Å²) in [6.45, 7) is 16.7. The molecule has 0 radical (unpaired) electrons. The van der Waals surface area contributed by atoms with Crippen LogP contribution in [0.15, 0.2) is 24.3 Å². The third-order valence-electron chi connectivity index (χ3n) is 15.0. The Hall–Kier alpha value is -3.82. The summed E-state index contributed by atoms with van der Waals surface area (Å²) in [5.74, 6) is -10.6. The van der Waals surface area contributed by atoms with Gasteiger partial charge in [0.2, 0.25) is 0 Å². The number of aliphatic hydroxyl groups is 1. The molecule has 59 heavy (non-hydrogen) atoms. The van der Waals surface area contributed by atoms with Crippen molar-refractivity contribution in [2.75, 3.05) is 34.0 Å². The Labute approximate surface area is 347 Å². The molecule has 15 heteroatoms. The van der Waals surface area contributed by atoms with E-state index in [1.54, 1.807) is 6.92 Å². The zero-order valence-corrected chi connectivity index (χ0v) is 35.6. The molecule has 12 unspecified atom stereocenters. The van der Waals surface area contributed by atoms with E-state index in [4.69, 9.17) is 23.7 Å². The van der Waals surface area contributed by atoms with Gasteiger partial charge in [-0.15, -0.1) is 0 Å². The molecule has 4 rings (SSSR count). The monoisotopic (exact) mass is 834 g/mol. The zero-order valence-electron chi connectivity index (χ0n) is 35.6. The standard InChI is InChI=1S/C44H66O15/c1-25-11-13-32-41(3,24-45)15-9-16-42(32,4)30(25)23-58-37(40(54)56-8)28(20-35(48)49)39(53)59-44(6)18-10-17-43(5)29(26(2)12-14-33(43)44)22-57-31(21-36(50)55-7)27(38(51)52)19-34(46)47/h27-33,37,45H,1-2,9-24H2,3-8H3,(H,46,47)(H,48,49)(H,51,52). The van der Waals surface area contributed by atoms with E-state index in [-0.39, 0.29) is 48.4 Å². The van der Waals surface area contributed by atoms with E-state index < -0.39 is 96.1 Å². The van der Waals surface area contributed by atoms with E-state index in [0.29, 0.717) is 38.5 Å². The molecule has 0 amide bonds. The summed E-state index contributed by atoms with van der Waals surface area (Å²) in [5, 5.41) is 39.8. The topological polar surface area (TPSA) is 229 Å². The van der Waals surface area contributed by atoms with Gasteiger partial charge in [0.1, 0.15) is 11.5 Å². The molecule has 0 aromatic heterocycles. The fraction of sp³-hybridized carbons (Fsp3) is 0.773. The third kappa shape index (κ3) is 10.2. The van der Waals surface area contributed by atoms with Crippen molar-refractivity contribution in [2.45, 2.75) is 129 Å². The summed E-state index contributed by atoms with van der Waals surface area (Å²) in [7, 11) is 2.28. The van der Waals surface area contributed by atoms with Gasteiger partial charge in [0.15, 0.2) is 6.10 Å². The van der Waals surface area contributed by atoms with Crippen LogP contribution in [-0.2, 0) is 52.5 Å². The van der Waals surface area contributed by atoms with Gasteiger partial charge in [0, 0.05) is 24.4 Å². The smallest absolute Gasteiger partial charge is 0.335 e. The van der Waals surface area contributed by atoms with E-state index in [2.05, 4.69) is 27.0 Å². The number of carboxylic acids is 3. The first-order chi connectivity index (χ1) is 27.6. The Morgan fingerprint density at radius 3 is 1.75 bits per heavy atom. The van der Waals surface area contributed by atoms with Crippen molar-refractivity contribution in [2.24, 2.45) is 51.8 Å². The fourth-order valence-electron chi connectivity index (χ4n) is 11.7. The number of ether oxygens (including phenoxy) is 5. The summed E-state index contributed by atoms with van der Waals surface area (Å²) in [6, 6.07) is 0. The van der Waals surface area contributed by atoms with E-state index in [1.165, 1.54) is 0 Å². The number of esters is 3. The van der Waals surface area contributed by atoms with Crippen molar-refractivity contribution in [3.05, 3.63) is 24.3 Å². The molecule has 0 bridgehead atoms. The highest BCUT2D eigenvalue weighted by Gasteiger charge is 2.58. The highest BCUT2D eigenvalue weighted by Crippen LogP contribution is 2.62. The van der Waals surface area contributed by atoms with Gasteiger partial charge in [-0.2, -0.15) is 0 Å². The van der Waals surface area contributed by atoms with Crippen LogP contribution in [-0.4, -0.2) is 108 Å². The van der Waals surface area contributed by atoms with Crippen LogP contribution >= 0.6 is 0 Å². The van der Waals surface area contributed by atoms with Gasteiger partial charge in [-0.25, -0.2) is 4.79 Å². The lowest BCUT2D eigenvalue weighted by molar-refractivity contribution is -0.201. The second kappa shape index (κ2) is 19.3. The average molecular weight is 835 g/mol. The van der Waals surface area contributed by atoms with Crippen molar-refractivity contribution in [3.63, 3.8) is 0 Å². The first-order valence-corrected chi connectivity index (χ1v) is 20.8. The van der Waals surface area contributed by atoms with Crippen LogP contribution in [0, 0.1) is 51.8 Å². The molecule has 0 aromatic carbocycles. The first-order valence-electron chi connectivity index (χ1n) is 20.8. The minimum absolute atomic E-state index is 0.00949. The van der Waals surface area contributed by atoms with Gasteiger partial charge >= 0.3 is 35.8 Å². The molecule has 332 valence electrons. The number of hydrogen-bond acceptors (Lipinski definition) is 12. The van der Waals surface area contributed by atoms with Crippen molar-refractivity contribution >= 4 is 35.8 Å². The first kappa shape index (κ1) is 47.9. The van der Waals surface area contributed by atoms with Crippen molar-refractivity contribution < 1.29 is 72.9 Å². The number of fused-ring (bicyclic) bond motifs is 2. The van der Waals surface area contributed by atoms with Gasteiger partial charge in [0.25, 0.3) is 0 Å². The molecule has 0 heterocycles. The minimum Gasteiger partial charge on any atom is -0.481 e. The van der Waals surface area contributed by atoms with Crippen LogP contribution in [0.5, 0.6) is 0 Å². The minimum atomic E-state index is -1.60. The molecule has 4 N–H and O–H groups in total. The number of carboxylic acid groups (broad SMARTS) is 3. The van der Waals surface area contributed by atoms with Crippen molar-refractivity contribution in [3.8, 4) is 0 Å². The quantitative estimate of drug-likeness (QED) is 0.0705. The predicted molar refractivity (Wildman–Crippen MR) is 212 cm³/mol. The summed E-state index contributed by atoms with van der Waals surface area (Å²) >= 11 is 0. The van der Waals surface area contributed by atoms with E-state index in [9.17, 15) is 49.2 Å². The number of carbonyl (C=O) groups excluding carboxylic acids is 3. The van der Waals surface area contributed by atoms with Crippen LogP contribution in [0.25, 0.3) is 0 Å². The Bertz CT molecular complexity index is 1620. The summed E-state index contributed by atoms with van der Waals surface area (Å²) in [6.07, 6.45) is 1.96. The number of rotatable bonds is 19. The molecule has 0 spiro atoms. The van der Waals surface area contributed by atoms with E-state index >= 15 is 0 Å². The molecular weight excluding hydrogens is 768 g/mol. The highest BCUT2D eigenvalue weighted by molar-refractivity contribution is 5.87. The Kier molecular flexibility index (Phi) is 15.6. The highest BCUT2D eigenvalue weighted by atomic mass is 16.6. The van der Waals surface area contributed by atoms with Gasteiger partial charge < -0.3 is 44.1 Å². The maximum atomic E-state index is 14.4. The SMILES string of the molecule is C=C1CCC2C(C)(CO)CCCC2(C)C1COC(C(=O)OC)C(CC(=O)O)C(=O)OC1(C)CCCC2(C)C(COC(CC(=O)OC)C(CC(=O)O)C(=O)O)C(=C)CCC12. The Morgan fingerprint density at radius 1 is 0.695 bits per heavy atom. The lowest BCUT2D eigenvalue weighted by atomic mass is 9.47. The van der Waals surface area contributed by atoms with Crippen LogP contribution in [0.4, 0.5) is 0 Å². The van der Waals surface area contributed by atoms with Gasteiger partial charge in [-0.3, -0.25) is 24.0 Å². The Morgan fingerprint density at radius 2 is 1.22 bits per heavy atom. The zero-order chi connectivity index (χ0) is 44.1. The van der Waals surface area contributed by atoms with Gasteiger partial charge in [-0.05, 0) is 86.9 Å². The lowest BCUT2D eigenvalue weighted by Crippen LogP contribution is -2.57. The Balaban J connectivity index is 1.60. The van der Waals surface area contributed by atoms with Gasteiger partial charge in [0.05, 0.1) is 58.7 Å². The average Bonchev–Trinajstić information content (AvgIpc) is 3.15. The van der Waals surface area contributed by atoms with Crippen LogP contribution in [0.2, 0.25) is 0 Å². The van der Waals surface area contributed by atoms with E-state index in [0.717, 1.165) is 51.0 Å². The number of aliphatic carboxylic acids is 3. The molecule has 4 aliphatic rings. The van der Waals surface area contributed by atoms with Gasteiger partial charge in [-0.1, -0.05) is 51.5 Å². The van der Waals surface area contributed by atoms with Crippen molar-refractivity contribution in [1.29, 1.82) is 0 Å². The summed E-state index contributed by atoms with van der Waals surface area (Å²) < 4.78 is 28.7. The number of aliphatic hydroxyl groups excluding tert-OH is 1. The third-order valence-corrected chi connectivity index (χ3v) is 15.0. The normalized spacial score (nSPS) is 33.9. The number of methoxy groups -OCH3 is 2. The molecular formula is C44H66O15. The predicted octanol–water partition coefficient (Wildman–Crippen LogP) is 5.61. The number of carbonyl (C=O) groups is 6. The molecule has 0 aromatic rings.